The lowest BCUT2D eigenvalue weighted by molar-refractivity contribution is -0.0973. The van der Waals surface area contributed by atoms with E-state index in [0.29, 0.717) is 33.7 Å². The second-order valence-corrected chi connectivity index (χ2v) is 14.9. The van der Waals surface area contributed by atoms with Crippen molar-refractivity contribution in [3.8, 4) is 0 Å². The predicted molar refractivity (Wildman–Crippen MR) is 136 cm³/mol. The standard InChI is InChI=1S/C24H35ClN5O6P/c1-22-6-13-7-23(2,9-22)11-24(8-13,10-22)29-18-15-19(28-21(25)27-18)30(12-26-15)20-17(32)16(31)14(36-20)4-3-5-37(33,34)35/h12-14,16-17,20,31-32H,3-11H2,1-2H3,(H,27,28,29)(H2,33,34,35)/t13-,14?,16?,17?,20?,22+,23-,24-. The van der Waals surface area contributed by atoms with E-state index in [1.54, 1.807) is 4.57 Å². The van der Waals surface area contributed by atoms with Crippen LogP contribution in [0.2, 0.25) is 5.28 Å². The zero-order chi connectivity index (χ0) is 26.4. The van der Waals surface area contributed by atoms with Gasteiger partial charge in [-0.15, -0.1) is 0 Å². The van der Waals surface area contributed by atoms with Crippen molar-refractivity contribution in [1.29, 1.82) is 0 Å². The van der Waals surface area contributed by atoms with Gasteiger partial charge in [0.05, 0.1) is 12.4 Å². The number of anilines is 1. The van der Waals surface area contributed by atoms with Crippen LogP contribution in [0.5, 0.6) is 0 Å². The summed E-state index contributed by atoms with van der Waals surface area (Å²) < 4.78 is 18.7. The van der Waals surface area contributed by atoms with Crippen molar-refractivity contribution in [2.45, 2.75) is 95.3 Å². The van der Waals surface area contributed by atoms with Crippen LogP contribution in [0, 0.1) is 16.7 Å². The van der Waals surface area contributed by atoms with E-state index in [0.717, 1.165) is 19.3 Å². The summed E-state index contributed by atoms with van der Waals surface area (Å²) in [7, 11) is -4.15. The number of aliphatic hydroxyl groups is 2. The molecule has 5 N–H and O–H groups in total. The third-order valence-corrected chi connectivity index (χ3v) is 10.0. The molecule has 11 nitrogen and oxygen atoms in total. The van der Waals surface area contributed by atoms with Crippen LogP contribution < -0.4 is 5.32 Å². The van der Waals surface area contributed by atoms with Gasteiger partial charge >= 0.3 is 7.60 Å². The van der Waals surface area contributed by atoms with Crippen LogP contribution in [0.25, 0.3) is 11.2 Å². The summed E-state index contributed by atoms with van der Waals surface area (Å²) >= 11 is 6.38. The molecular formula is C24H35ClN5O6P. The zero-order valence-corrected chi connectivity index (χ0v) is 22.7. The maximum atomic E-state index is 11.2. The Morgan fingerprint density at radius 3 is 2.49 bits per heavy atom. The highest BCUT2D eigenvalue weighted by Crippen LogP contribution is 2.67. The van der Waals surface area contributed by atoms with Crippen LogP contribution in [0.3, 0.4) is 0 Å². The summed E-state index contributed by atoms with van der Waals surface area (Å²) in [6.45, 7) is 4.81. The summed E-state index contributed by atoms with van der Waals surface area (Å²) in [6.07, 6.45) is 4.31. The lowest BCUT2D eigenvalue weighted by atomic mass is 9.43. The van der Waals surface area contributed by atoms with Crippen LogP contribution in [-0.4, -0.2) is 69.5 Å². The number of ether oxygens (including phenoxy) is 1. The average Bonchev–Trinajstić information content (AvgIpc) is 3.26. The van der Waals surface area contributed by atoms with E-state index in [1.807, 2.05) is 0 Å². The number of aromatic nitrogens is 4. The van der Waals surface area contributed by atoms with E-state index in [-0.39, 0.29) is 29.8 Å². The number of imidazole rings is 1. The van der Waals surface area contributed by atoms with Gasteiger partial charge in [-0.05, 0) is 79.7 Å². The second kappa shape index (κ2) is 8.58. The fraction of sp³-hybridized carbons (Fsp3) is 0.792. The fourth-order valence-corrected chi connectivity index (χ4v) is 9.46. The summed E-state index contributed by atoms with van der Waals surface area (Å²) in [5, 5.41) is 25.1. The topological polar surface area (TPSA) is 163 Å². The van der Waals surface area contributed by atoms with Crippen LogP contribution in [0.15, 0.2) is 6.33 Å². The average molecular weight is 556 g/mol. The number of rotatable bonds is 7. The highest BCUT2D eigenvalue weighted by atomic mass is 35.5. The van der Waals surface area contributed by atoms with Gasteiger partial charge in [-0.1, -0.05) is 13.8 Å². The first kappa shape index (κ1) is 25.9. The molecule has 4 unspecified atom stereocenters. The third kappa shape index (κ3) is 4.71. The molecule has 0 radical (unpaired) electrons. The molecule has 2 aromatic heterocycles. The Bertz CT molecular complexity index is 1250. The molecule has 1 aliphatic heterocycles. The molecule has 3 heterocycles. The fourth-order valence-electron chi connectivity index (χ4n) is 8.70. The van der Waals surface area contributed by atoms with Gasteiger partial charge in [-0.3, -0.25) is 9.13 Å². The van der Waals surface area contributed by atoms with Crippen molar-refractivity contribution in [3.05, 3.63) is 11.6 Å². The van der Waals surface area contributed by atoms with Gasteiger partial charge < -0.3 is 30.1 Å². The first-order valence-electron chi connectivity index (χ1n) is 13.0. The summed E-state index contributed by atoms with van der Waals surface area (Å²) in [5.74, 6) is 1.25. The summed E-state index contributed by atoms with van der Waals surface area (Å²) in [5.41, 5.74) is 1.44. The number of halogens is 1. The Hall–Kier alpha value is -1.33. The van der Waals surface area contributed by atoms with Gasteiger partial charge in [0, 0.05) is 11.7 Å². The van der Waals surface area contributed by atoms with Crippen molar-refractivity contribution in [3.63, 3.8) is 0 Å². The molecule has 204 valence electrons. The quantitative estimate of drug-likeness (QED) is 0.253. The third-order valence-electron chi connectivity index (χ3n) is 8.95. The van der Waals surface area contributed by atoms with Crippen molar-refractivity contribution < 1.29 is 29.3 Å². The summed E-state index contributed by atoms with van der Waals surface area (Å²) in [4.78, 5) is 31.7. The number of hydrogen-bond donors (Lipinski definition) is 5. The van der Waals surface area contributed by atoms with Crippen LogP contribution in [0.4, 0.5) is 5.82 Å². The molecule has 4 saturated carbocycles. The number of aliphatic hydroxyl groups excluding tert-OH is 2. The molecule has 4 bridgehead atoms. The number of nitrogens with zero attached hydrogens (tertiary/aromatic N) is 4. The van der Waals surface area contributed by atoms with Crippen molar-refractivity contribution in [2.75, 3.05) is 11.5 Å². The molecule has 0 aromatic carbocycles. The van der Waals surface area contributed by atoms with Gasteiger partial charge in [-0.2, -0.15) is 9.97 Å². The SMILES string of the molecule is C[C@]12C[C@@H]3C[C@](C)(C1)C[C@@](Nc1nc(Cl)nc4c1ncn4C1OC(CCCP(=O)(O)O)C(O)C1O)(C3)C2. The smallest absolute Gasteiger partial charge is 0.325 e. The van der Waals surface area contributed by atoms with Crippen molar-refractivity contribution in [1.82, 2.24) is 19.5 Å². The highest BCUT2D eigenvalue weighted by Gasteiger charge is 2.60. The minimum Gasteiger partial charge on any atom is -0.388 e. The van der Waals surface area contributed by atoms with Crippen LogP contribution in [-0.2, 0) is 9.30 Å². The van der Waals surface area contributed by atoms with E-state index >= 15 is 0 Å². The molecule has 5 fully saturated rings. The van der Waals surface area contributed by atoms with Crippen molar-refractivity contribution >= 4 is 36.2 Å². The minimum absolute atomic E-state index is 0.0464. The molecule has 1 saturated heterocycles. The van der Waals surface area contributed by atoms with E-state index < -0.39 is 32.1 Å². The van der Waals surface area contributed by atoms with Gasteiger partial charge in [0.2, 0.25) is 5.28 Å². The molecular weight excluding hydrogens is 521 g/mol. The molecule has 5 aliphatic rings. The molecule has 4 aliphatic carbocycles. The Kier molecular flexibility index (Phi) is 6.01. The molecule has 8 atom stereocenters. The number of nitrogens with one attached hydrogen (secondary N) is 1. The lowest BCUT2D eigenvalue weighted by Crippen LogP contribution is -2.61. The number of hydrogen-bond acceptors (Lipinski definition) is 8. The maximum absolute atomic E-state index is 11.2. The Morgan fingerprint density at radius 1 is 1.14 bits per heavy atom. The van der Waals surface area contributed by atoms with Crippen molar-refractivity contribution in [2.24, 2.45) is 16.7 Å². The van der Waals surface area contributed by atoms with Gasteiger partial charge in [0.15, 0.2) is 23.2 Å². The molecule has 0 amide bonds. The second-order valence-electron chi connectivity index (χ2n) is 12.8. The zero-order valence-electron chi connectivity index (χ0n) is 21.0. The monoisotopic (exact) mass is 555 g/mol. The Morgan fingerprint density at radius 2 is 1.84 bits per heavy atom. The van der Waals surface area contributed by atoms with E-state index in [1.165, 1.54) is 25.6 Å². The van der Waals surface area contributed by atoms with Gasteiger partial charge in [0.1, 0.15) is 12.2 Å². The van der Waals surface area contributed by atoms with E-state index in [2.05, 4.69) is 34.1 Å². The molecule has 7 rings (SSSR count). The molecule has 2 aromatic rings. The normalized spacial score (nSPS) is 41.1. The van der Waals surface area contributed by atoms with Crippen LogP contribution in [0.1, 0.15) is 71.4 Å². The number of fused-ring (bicyclic) bond motifs is 1. The first-order chi connectivity index (χ1) is 17.3. The van der Waals surface area contributed by atoms with Crippen LogP contribution >= 0.6 is 19.2 Å². The van der Waals surface area contributed by atoms with Gasteiger partial charge in [-0.25, -0.2) is 4.98 Å². The molecule has 0 spiro atoms. The van der Waals surface area contributed by atoms with E-state index in [4.69, 9.17) is 26.1 Å². The largest absolute Gasteiger partial charge is 0.388 e. The molecule has 13 heteroatoms. The molecule has 37 heavy (non-hydrogen) atoms. The Labute approximate surface area is 220 Å². The minimum atomic E-state index is -4.15. The lowest BCUT2D eigenvalue weighted by Gasteiger charge is -2.65. The highest BCUT2D eigenvalue weighted by molar-refractivity contribution is 7.51. The maximum Gasteiger partial charge on any atom is 0.325 e. The van der Waals surface area contributed by atoms with E-state index in [9.17, 15) is 14.8 Å². The van der Waals surface area contributed by atoms with Gasteiger partial charge in [0.25, 0.3) is 0 Å². The summed E-state index contributed by atoms with van der Waals surface area (Å²) in [6, 6.07) is 0. The first-order valence-corrected chi connectivity index (χ1v) is 15.2. The predicted octanol–water partition coefficient (Wildman–Crippen LogP) is 3.22. The Balaban J connectivity index is 1.27.